The summed E-state index contributed by atoms with van der Waals surface area (Å²) in [6, 6.07) is 15.5. The lowest BCUT2D eigenvalue weighted by Gasteiger charge is -2.10. The summed E-state index contributed by atoms with van der Waals surface area (Å²) in [4.78, 5) is 11.1. The molecule has 0 bridgehead atoms. The van der Waals surface area contributed by atoms with E-state index < -0.39 is 0 Å². The molecule has 3 nitrogen and oxygen atoms in total. The molecule has 2 aromatic carbocycles. The van der Waals surface area contributed by atoms with Gasteiger partial charge in [-0.25, -0.2) is 0 Å². The predicted molar refractivity (Wildman–Crippen MR) is 97.2 cm³/mol. The second-order valence-electron chi connectivity index (χ2n) is 5.73. The molecule has 122 valence electrons. The van der Waals surface area contributed by atoms with Crippen LogP contribution in [0.4, 0.5) is 0 Å². The summed E-state index contributed by atoms with van der Waals surface area (Å²) in [5, 5.41) is 5.54. The zero-order valence-corrected chi connectivity index (χ0v) is 14.7. The van der Waals surface area contributed by atoms with Crippen molar-refractivity contribution in [1.82, 2.24) is 9.78 Å². The third-order valence-corrected chi connectivity index (χ3v) is 4.43. The van der Waals surface area contributed by atoms with E-state index in [0.717, 1.165) is 17.5 Å². The first-order valence-electron chi connectivity index (χ1n) is 7.56. The summed E-state index contributed by atoms with van der Waals surface area (Å²) in [6.07, 6.45) is 1.46. The largest absolute Gasteiger partial charge is 0.296 e. The maximum absolute atomic E-state index is 11.1. The van der Waals surface area contributed by atoms with Gasteiger partial charge in [0.15, 0.2) is 6.29 Å². The van der Waals surface area contributed by atoms with Gasteiger partial charge in [-0.1, -0.05) is 59.1 Å². The Morgan fingerprint density at radius 2 is 1.83 bits per heavy atom. The van der Waals surface area contributed by atoms with E-state index in [0.29, 0.717) is 28.7 Å². The van der Waals surface area contributed by atoms with Gasteiger partial charge in [0.2, 0.25) is 0 Å². The standard InChI is InChI=1S/C19H16Cl2N2O/c1-13-2-4-14(5-3-13)8-18-10-17(12-24)22-23(18)11-15-6-7-16(20)9-19(15)21/h2-7,9-10,12H,8,11H2,1H3. The number of aromatic nitrogens is 2. The second-order valence-corrected chi connectivity index (χ2v) is 6.58. The number of aryl methyl sites for hydroxylation is 1. The molecule has 0 amide bonds. The van der Waals surface area contributed by atoms with E-state index in [-0.39, 0.29) is 0 Å². The summed E-state index contributed by atoms with van der Waals surface area (Å²) in [6.45, 7) is 2.55. The Hall–Kier alpha value is -2.10. The molecule has 1 heterocycles. The molecule has 0 aliphatic carbocycles. The summed E-state index contributed by atoms with van der Waals surface area (Å²) < 4.78 is 1.82. The van der Waals surface area contributed by atoms with Crippen molar-refractivity contribution < 1.29 is 4.79 Å². The number of aldehydes is 1. The van der Waals surface area contributed by atoms with E-state index in [1.165, 1.54) is 11.1 Å². The number of carbonyl (C=O) groups excluding carboxylic acids is 1. The average molecular weight is 359 g/mol. The molecule has 0 atom stereocenters. The molecule has 1 aromatic heterocycles. The maximum Gasteiger partial charge on any atom is 0.170 e. The van der Waals surface area contributed by atoms with Crippen LogP contribution in [0.1, 0.15) is 32.9 Å². The van der Waals surface area contributed by atoms with Crippen molar-refractivity contribution in [2.45, 2.75) is 19.9 Å². The molecule has 0 N–H and O–H groups in total. The van der Waals surface area contributed by atoms with E-state index in [1.54, 1.807) is 12.1 Å². The quantitative estimate of drug-likeness (QED) is 0.604. The highest BCUT2D eigenvalue weighted by Crippen LogP contribution is 2.23. The van der Waals surface area contributed by atoms with E-state index in [1.807, 2.05) is 16.8 Å². The molecule has 24 heavy (non-hydrogen) atoms. The van der Waals surface area contributed by atoms with Crippen LogP contribution in [-0.2, 0) is 13.0 Å². The van der Waals surface area contributed by atoms with Gasteiger partial charge in [-0.15, -0.1) is 0 Å². The topological polar surface area (TPSA) is 34.9 Å². The highest BCUT2D eigenvalue weighted by molar-refractivity contribution is 6.35. The summed E-state index contributed by atoms with van der Waals surface area (Å²) in [5.74, 6) is 0. The van der Waals surface area contributed by atoms with Crippen LogP contribution >= 0.6 is 23.2 Å². The van der Waals surface area contributed by atoms with Gasteiger partial charge in [0.1, 0.15) is 5.69 Å². The van der Waals surface area contributed by atoms with Gasteiger partial charge >= 0.3 is 0 Å². The Morgan fingerprint density at radius 1 is 1.08 bits per heavy atom. The fourth-order valence-corrected chi connectivity index (χ4v) is 3.01. The molecule has 0 unspecified atom stereocenters. The van der Waals surface area contributed by atoms with Crippen molar-refractivity contribution in [2.24, 2.45) is 0 Å². The zero-order valence-electron chi connectivity index (χ0n) is 13.2. The van der Waals surface area contributed by atoms with E-state index in [4.69, 9.17) is 23.2 Å². The second kappa shape index (κ2) is 7.20. The van der Waals surface area contributed by atoms with Crippen molar-refractivity contribution in [1.29, 1.82) is 0 Å². The van der Waals surface area contributed by atoms with Gasteiger partial charge in [-0.05, 0) is 36.2 Å². The van der Waals surface area contributed by atoms with Gasteiger partial charge in [0, 0.05) is 22.2 Å². The Kier molecular flexibility index (Phi) is 5.03. The molecular formula is C19H16Cl2N2O. The van der Waals surface area contributed by atoms with Gasteiger partial charge in [-0.3, -0.25) is 9.48 Å². The van der Waals surface area contributed by atoms with Gasteiger partial charge < -0.3 is 0 Å². The van der Waals surface area contributed by atoms with Crippen molar-refractivity contribution >= 4 is 29.5 Å². The highest BCUT2D eigenvalue weighted by atomic mass is 35.5. The fourth-order valence-electron chi connectivity index (χ4n) is 2.54. The monoisotopic (exact) mass is 358 g/mol. The molecule has 0 fully saturated rings. The lowest BCUT2D eigenvalue weighted by molar-refractivity contribution is 0.111. The first kappa shape index (κ1) is 16.7. The van der Waals surface area contributed by atoms with Gasteiger partial charge in [0.25, 0.3) is 0 Å². The number of nitrogens with zero attached hydrogens (tertiary/aromatic N) is 2. The number of carbonyl (C=O) groups is 1. The number of hydrogen-bond acceptors (Lipinski definition) is 2. The molecule has 0 saturated heterocycles. The minimum atomic E-state index is 0.419. The molecule has 0 aliphatic rings. The molecule has 3 rings (SSSR count). The average Bonchev–Trinajstić information content (AvgIpc) is 2.94. The molecule has 0 aliphatic heterocycles. The van der Waals surface area contributed by atoms with Crippen molar-refractivity contribution in [3.63, 3.8) is 0 Å². The van der Waals surface area contributed by atoms with Crippen LogP contribution in [0.2, 0.25) is 10.0 Å². The third-order valence-electron chi connectivity index (χ3n) is 3.84. The molecule has 5 heteroatoms. The normalized spacial score (nSPS) is 10.8. The van der Waals surface area contributed by atoms with Crippen LogP contribution in [0.25, 0.3) is 0 Å². The fraction of sp³-hybridized carbons (Fsp3) is 0.158. The van der Waals surface area contributed by atoms with E-state index >= 15 is 0 Å². The Morgan fingerprint density at radius 3 is 2.50 bits per heavy atom. The van der Waals surface area contributed by atoms with Crippen LogP contribution in [0.3, 0.4) is 0 Å². The Bertz CT molecular complexity index is 870. The summed E-state index contributed by atoms with van der Waals surface area (Å²) in [5.41, 5.74) is 4.68. The van der Waals surface area contributed by atoms with Crippen LogP contribution in [0.5, 0.6) is 0 Å². The van der Waals surface area contributed by atoms with Crippen LogP contribution in [0.15, 0.2) is 48.5 Å². The Labute approximate surface area is 150 Å². The minimum absolute atomic E-state index is 0.419. The first-order chi connectivity index (χ1) is 11.5. The van der Waals surface area contributed by atoms with Crippen LogP contribution < -0.4 is 0 Å². The highest BCUT2D eigenvalue weighted by Gasteiger charge is 2.11. The molecule has 0 radical (unpaired) electrons. The van der Waals surface area contributed by atoms with Crippen LogP contribution in [-0.4, -0.2) is 16.1 Å². The molecular weight excluding hydrogens is 343 g/mol. The van der Waals surface area contributed by atoms with Crippen molar-refractivity contribution in [2.75, 3.05) is 0 Å². The van der Waals surface area contributed by atoms with Crippen LogP contribution in [0, 0.1) is 6.92 Å². The SMILES string of the molecule is Cc1ccc(Cc2cc(C=O)nn2Cc2ccc(Cl)cc2Cl)cc1. The third kappa shape index (κ3) is 3.86. The van der Waals surface area contributed by atoms with E-state index in [2.05, 4.69) is 36.3 Å². The first-order valence-corrected chi connectivity index (χ1v) is 8.32. The zero-order chi connectivity index (χ0) is 17.1. The Balaban J connectivity index is 1.90. The summed E-state index contributed by atoms with van der Waals surface area (Å²) >= 11 is 12.2. The number of hydrogen-bond donors (Lipinski definition) is 0. The van der Waals surface area contributed by atoms with Crippen molar-refractivity contribution in [3.8, 4) is 0 Å². The van der Waals surface area contributed by atoms with Gasteiger partial charge in [0.05, 0.1) is 6.54 Å². The summed E-state index contributed by atoms with van der Waals surface area (Å²) in [7, 11) is 0. The van der Waals surface area contributed by atoms with E-state index in [9.17, 15) is 4.79 Å². The number of rotatable bonds is 5. The smallest absolute Gasteiger partial charge is 0.170 e. The lowest BCUT2D eigenvalue weighted by atomic mass is 10.1. The predicted octanol–water partition coefficient (Wildman–Crippen LogP) is 4.95. The molecule has 0 saturated carbocycles. The van der Waals surface area contributed by atoms with Crippen molar-refractivity contribution in [3.05, 3.63) is 86.7 Å². The molecule has 3 aromatic rings. The maximum atomic E-state index is 11.1. The molecule has 0 spiro atoms. The van der Waals surface area contributed by atoms with Gasteiger partial charge in [-0.2, -0.15) is 5.10 Å². The minimum Gasteiger partial charge on any atom is -0.296 e. The number of benzene rings is 2. The number of halogens is 2. The lowest BCUT2D eigenvalue weighted by Crippen LogP contribution is -2.07.